The van der Waals surface area contributed by atoms with Crippen LogP contribution in [0, 0.1) is 6.92 Å². The van der Waals surface area contributed by atoms with E-state index < -0.39 is 0 Å². The number of nitrogens with one attached hydrogen (secondary N) is 2. The number of nitrogen functional groups attached to an aromatic ring is 1. The first kappa shape index (κ1) is 11.0. The highest BCUT2D eigenvalue weighted by Gasteiger charge is 2.21. The molecule has 4 heteroatoms. The summed E-state index contributed by atoms with van der Waals surface area (Å²) in [6.45, 7) is 1.96. The highest BCUT2D eigenvalue weighted by Crippen LogP contribution is 2.21. The van der Waals surface area contributed by atoms with Gasteiger partial charge in [0, 0.05) is 6.04 Å². The zero-order valence-electron chi connectivity index (χ0n) is 9.42. The van der Waals surface area contributed by atoms with Gasteiger partial charge in [-0.25, -0.2) is 0 Å². The summed E-state index contributed by atoms with van der Waals surface area (Å²) in [4.78, 5) is 12.0. The number of nitrogens with two attached hydrogens (primary N) is 1. The molecule has 1 amide bonds. The molecule has 4 N–H and O–H groups in total. The number of amides is 1. The van der Waals surface area contributed by atoms with Gasteiger partial charge in [0.05, 0.1) is 11.3 Å². The third-order valence-electron chi connectivity index (χ3n) is 3.02. The fraction of sp³-hybridized carbons (Fsp3) is 0.417. The molecule has 1 aliphatic carbocycles. The Bertz CT molecular complexity index is 399. The van der Waals surface area contributed by atoms with E-state index in [0.717, 1.165) is 18.4 Å². The molecule has 0 aliphatic heterocycles. The molecule has 1 aliphatic rings. The number of carbonyl (C=O) groups excluding carboxylic acids is 1. The summed E-state index contributed by atoms with van der Waals surface area (Å²) in [6.07, 6.45) is 3.38. The highest BCUT2D eigenvalue weighted by atomic mass is 16.1. The summed E-state index contributed by atoms with van der Waals surface area (Å²) < 4.78 is 0. The fourth-order valence-electron chi connectivity index (χ4n) is 1.79. The van der Waals surface area contributed by atoms with E-state index in [1.165, 1.54) is 6.42 Å². The van der Waals surface area contributed by atoms with Crippen molar-refractivity contribution < 1.29 is 4.79 Å². The average molecular weight is 219 g/mol. The Labute approximate surface area is 95.2 Å². The first-order valence-electron chi connectivity index (χ1n) is 5.59. The van der Waals surface area contributed by atoms with Crippen LogP contribution >= 0.6 is 0 Å². The molecular formula is C12H17N3O. The summed E-state index contributed by atoms with van der Waals surface area (Å²) in [6, 6.07) is 5.95. The first-order chi connectivity index (χ1) is 7.70. The number of hydrogen-bond donors (Lipinski definition) is 3. The van der Waals surface area contributed by atoms with E-state index in [-0.39, 0.29) is 5.91 Å². The molecule has 0 heterocycles. The number of hydrazine groups is 1. The second kappa shape index (κ2) is 4.53. The molecule has 0 atom stereocenters. The zero-order chi connectivity index (χ0) is 11.5. The third kappa shape index (κ3) is 2.17. The predicted octanol–water partition coefficient (Wildman–Crippen LogP) is 1.56. The van der Waals surface area contributed by atoms with Crippen LogP contribution in [0.3, 0.4) is 0 Å². The van der Waals surface area contributed by atoms with Gasteiger partial charge in [0.15, 0.2) is 0 Å². The van der Waals surface area contributed by atoms with Crippen molar-refractivity contribution in [3.63, 3.8) is 0 Å². The first-order valence-corrected chi connectivity index (χ1v) is 5.59. The fourth-order valence-corrected chi connectivity index (χ4v) is 1.79. The number of anilines is 1. The van der Waals surface area contributed by atoms with E-state index in [0.29, 0.717) is 17.3 Å². The number of carbonyl (C=O) groups is 1. The van der Waals surface area contributed by atoms with Crippen molar-refractivity contribution in [1.29, 1.82) is 0 Å². The van der Waals surface area contributed by atoms with Crippen LogP contribution in [0.15, 0.2) is 18.2 Å². The summed E-state index contributed by atoms with van der Waals surface area (Å²) >= 11 is 0. The molecular weight excluding hydrogens is 202 g/mol. The molecule has 16 heavy (non-hydrogen) atoms. The van der Waals surface area contributed by atoms with Gasteiger partial charge in [-0.05, 0) is 38.3 Å². The van der Waals surface area contributed by atoms with Gasteiger partial charge in [-0.15, -0.1) is 0 Å². The minimum atomic E-state index is -0.0404. The van der Waals surface area contributed by atoms with Gasteiger partial charge < -0.3 is 10.7 Å². The molecule has 1 aromatic carbocycles. The van der Waals surface area contributed by atoms with Crippen LogP contribution in [0.2, 0.25) is 0 Å². The number of rotatable bonds is 3. The van der Waals surface area contributed by atoms with Crippen molar-refractivity contribution in [3.8, 4) is 0 Å². The Morgan fingerprint density at radius 2 is 2.19 bits per heavy atom. The smallest absolute Gasteiger partial charge is 0.253 e. The topological polar surface area (TPSA) is 67.1 Å². The number of hydrogen-bond acceptors (Lipinski definition) is 3. The molecule has 0 aromatic heterocycles. The Balaban J connectivity index is 2.16. The normalized spacial score (nSPS) is 15.4. The zero-order valence-corrected chi connectivity index (χ0v) is 9.42. The van der Waals surface area contributed by atoms with Crippen molar-refractivity contribution in [2.75, 3.05) is 5.43 Å². The Morgan fingerprint density at radius 3 is 2.75 bits per heavy atom. The molecule has 4 nitrogen and oxygen atoms in total. The molecule has 0 bridgehead atoms. The van der Waals surface area contributed by atoms with E-state index in [1.807, 2.05) is 25.1 Å². The maximum atomic E-state index is 12.0. The van der Waals surface area contributed by atoms with Crippen LogP contribution in [0.4, 0.5) is 5.69 Å². The molecule has 0 unspecified atom stereocenters. The monoisotopic (exact) mass is 219 g/mol. The Kier molecular flexibility index (Phi) is 3.10. The molecule has 86 valence electrons. The minimum absolute atomic E-state index is 0.0404. The average Bonchev–Trinajstić information content (AvgIpc) is 2.23. The molecule has 0 saturated heterocycles. The molecule has 0 radical (unpaired) electrons. The largest absolute Gasteiger partial charge is 0.349 e. The van der Waals surface area contributed by atoms with Crippen molar-refractivity contribution in [2.24, 2.45) is 5.84 Å². The predicted molar refractivity (Wildman–Crippen MR) is 64.1 cm³/mol. The number of benzene rings is 1. The van der Waals surface area contributed by atoms with Crippen LogP contribution in [0.1, 0.15) is 35.2 Å². The minimum Gasteiger partial charge on any atom is -0.349 e. The van der Waals surface area contributed by atoms with Gasteiger partial charge in [-0.1, -0.05) is 11.6 Å². The van der Waals surface area contributed by atoms with Gasteiger partial charge >= 0.3 is 0 Å². The van der Waals surface area contributed by atoms with Gasteiger partial charge in [0.25, 0.3) is 5.91 Å². The van der Waals surface area contributed by atoms with Crippen LogP contribution in [-0.2, 0) is 0 Å². The highest BCUT2D eigenvalue weighted by molar-refractivity contribution is 5.99. The molecule has 2 rings (SSSR count). The summed E-state index contributed by atoms with van der Waals surface area (Å²) in [7, 11) is 0. The maximum absolute atomic E-state index is 12.0. The lowest BCUT2D eigenvalue weighted by Crippen LogP contribution is -2.39. The Morgan fingerprint density at radius 1 is 1.44 bits per heavy atom. The van der Waals surface area contributed by atoms with Crippen LogP contribution < -0.4 is 16.6 Å². The summed E-state index contributed by atoms with van der Waals surface area (Å²) in [5, 5.41) is 3.00. The molecule has 1 saturated carbocycles. The summed E-state index contributed by atoms with van der Waals surface area (Å²) in [5.74, 6) is 5.35. The van der Waals surface area contributed by atoms with Gasteiger partial charge in [0.1, 0.15) is 0 Å². The van der Waals surface area contributed by atoms with Crippen molar-refractivity contribution in [3.05, 3.63) is 29.3 Å². The van der Waals surface area contributed by atoms with Crippen LogP contribution in [0.5, 0.6) is 0 Å². The lowest BCUT2D eigenvalue weighted by Gasteiger charge is -2.26. The van der Waals surface area contributed by atoms with E-state index in [1.54, 1.807) is 0 Å². The lowest BCUT2D eigenvalue weighted by atomic mass is 9.93. The van der Waals surface area contributed by atoms with E-state index in [2.05, 4.69) is 10.7 Å². The van der Waals surface area contributed by atoms with Gasteiger partial charge in [-0.3, -0.25) is 10.6 Å². The summed E-state index contributed by atoms with van der Waals surface area (Å²) in [5.41, 5.74) is 4.89. The second-order valence-corrected chi connectivity index (χ2v) is 4.29. The Hall–Kier alpha value is -1.55. The molecule has 1 aromatic rings. The molecule has 1 fully saturated rings. The van der Waals surface area contributed by atoms with E-state index >= 15 is 0 Å². The lowest BCUT2D eigenvalue weighted by molar-refractivity contribution is 0.0917. The third-order valence-corrected chi connectivity index (χ3v) is 3.02. The number of aryl methyl sites for hydroxylation is 1. The van der Waals surface area contributed by atoms with Gasteiger partial charge in [-0.2, -0.15) is 0 Å². The standard InChI is InChI=1S/C12H17N3O/c1-8-5-6-11(15-13)10(7-8)12(16)14-9-3-2-4-9/h5-7,9,15H,2-4,13H2,1H3,(H,14,16). The van der Waals surface area contributed by atoms with E-state index in [9.17, 15) is 4.79 Å². The van der Waals surface area contributed by atoms with Crippen LogP contribution in [0.25, 0.3) is 0 Å². The van der Waals surface area contributed by atoms with Crippen molar-refractivity contribution >= 4 is 11.6 Å². The van der Waals surface area contributed by atoms with Crippen LogP contribution in [-0.4, -0.2) is 11.9 Å². The molecule has 0 spiro atoms. The van der Waals surface area contributed by atoms with Gasteiger partial charge in [0.2, 0.25) is 0 Å². The maximum Gasteiger partial charge on any atom is 0.253 e. The van der Waals surface area contributed by atoms with E-state index in [4.69, 9.17) is 5.84 Å². The quantitative estimate of drug-likeness (QED) is 0.534. The van der Waals surface area contributed by atoms with Crippen molar-refractivity contribution in [2.45, 2.75) is 32.2 Å². The SMILES string of the molecule is Cc1ccc(NN)c(C(=O)NC2CCC2)c1. The second-order valence-electron chi connectivity index (χ2n) is 4.29. The van der Waals surface area contributed by atoms with Crippen molar-refractivity contribution in [1.82, 2.24) is 5.32 Å².